The molecule has 2 saturated heterocycles. The number of benzene rings is 6. The van der Waals surface area contributed by atoms with E-state index in [4.69, 9.17) is 56.9 Å². The van der Waals surface area contributed by atoms with Crippen molar-refractivity contribution in [2.24, 2.45) is 11.8 Å². The fourth-order valence-electron chi connectivity index (χ4n) is 10.7. The molecule has 432 valence electrons. The topological polar surface area (TPSA) is 142 Å². The lowest BCUT2D eigenvalue weighted by Crippen LogP contribution is -2.19. The van der Waals surface area contributed by atoms with E-state index < -0.39 is 46.8 Å². The molecule has 10 aromatic rings. The van der Waals surface area contributed by atoms with Crippen LogP contribution in [0.2, 0.25) is 10.0 Å². The summed E-state index contributed by atoms with van der Waals surface area (Å²) in [4.78, 5) is 46.3. The van der Waals surface area contributed by atoms with Crippen LogP contribution in [0.25, 0.3) is 44.6 Å². The maximum atomic E-state index is 16.2. The molecule has 0 aliphatic carbocycles. The maximum Gasteiger partial charge on any atom is 0.346 e. The lowest BCUT2D eigenvalue weighted by Gasteiger charge is -2.20. The van der Waals surface area contributed by atoms with Crippen molar-refractivity contribution in [2.75, 3.05) is 26.4 Å². The molecule has 0 amide bonds. The number of hydrogen-bond donors (Lipinski definition) is 0. The van der Waals surface area contributed by atoms with Crippen LogP contribution in [0, 0.1) is 46.7 Å². The summed E-state index contributed by atoms with van der Waals surface area (Å²) in [6, 6.07) is 30.2. The molecule has 4 aromatic heterocycles. The molecule has 6 aromatic carbocycles. The zero-order valence-corrected chi connectivity index (χ0v) is 46.7. The molecule has 0 bridgehead atoms. The van der Waals surface area contributed by atoms with E-state index in [-0.39, 0.29) is 141 Å². The third kappa shape index (κ3) is 11.8. The van der Waals surface area contributed by atoms with Gasteiger partial charge in [0.1, 0.15) is 59.8 Å². The first-order chi connectivity index (χ1) is 41.0. The normalized spacial score (nSPS) is 16.8. The number of hydrogen-bond acceptors (Lipinski definition) is 11. The molecule has 2 fully saturated rings. The van der Waals surface area contributed by atoms with Crippen molar-refractivity contribution in [3.05, 3.63) is 223 Å². The molecule has 0 unspecified atom stereocenters. The molecular formula is C64H48Cl2F6N6O7. The highest BCUT2D eigenvalue weighted by Crippen LogP contribution is 2.37. The Hall–Kier alpha value is -8.62. The molecule has 2 aliphatic heterocycles. The summed E-state index contributed by atoms with van der Waals surface area (Å²) in [7, 11) is 0. The Morgan fingerprint density at radius 1 is 0.494 bits per heavy atom. The number of aromatic nitrogens is 6. The smallest absolute Gasteiger partial charge is 0.346 e. The average Bonchev–Trinajstić information content (AvgIpc) is 1.96. The van der Waals surface area contributed by atoms with Gasteiger partial charge in [-0.25, -0.2) is 55.9 Å². The lowest BCUT2D eigenvalue weighted by atomic mass is 10.0. The van der Waals surface area contributed by atoms with E-state index >= 15 is 17.6 Å². The summed E-state index contributed by atoms with van der Waals surface area (Å²) >= 11 is 11.7. The molecule has 4 atom stereocenters. The van der Waals surface area contributed by atoms with Gasteiger partial charge in [0.15, 0.2) is 0 Å². The second kappa shape index (κ2) is 23.8. The van der Waals surface area contributed by atoms with Gasteiger partial charge in [-0.3, -0.25) is 0 Å². The van der Waals surface area contributed by atoms with Crippen LogP contribution in [0.1, 0.15) is 80.5 Å². The van der Waals surface area contributed by atoms with Crippen LogP contribution < -0.4 is 9.47 Å². The number of pyridine rings is 2. The molecule has 12 rings (SSSR count). The zero-order valence-electron chi connectivity index (χ0n) is 45.2. The van der Waals surface area contributed by atoms with Gasteiger partial charge in [0.25, 0.3) is 0 Å². The first-order valence-electron chi connectivity index (χ1n) is 27.0. The van der Waals surface area contributed by atoms with Crippen molar-refractivity contribution in [1.29, 1.82) is 0 Å². The quantitative estimate of drug-likeness (QED) is 0.0518. The molecule has 85 heavy (non-hydrogen) atoms. The second-order valence-electron chi connectivity index (χ2n) is 21.0. The van der Waals surface area contributed by atoms with E-state index in [0.29, 0.717) is 46.9 Å². The van der Waals surface area contributed by atoms with Gasteiger partial charge in [-0.1, -0.05) is 61.3 Å². The van der Waals surface area contributed by atoms with Crippen LogP contribution in [0.4, 0.5) is 26.3 Å². The van der Waals surface area contributed by atoms with Crippen LogP contribution in [0.15, 0.2) is 133 Å². The molecule has 21 heteroatoms. The minimum atomic E-state index is -0.975. The maximum absolute atomic E-state index is 16.2. The van der Waals surface area contributed by atoms with Gasteiger partial charge in [-0.2, -0.15) is 0 Å². The molecule has 0 N–H and O–H groups in total. The lowest BCUT2D eigenvalue weighted by molar-refractivity contribution is 0.0397. The molecule has 2 aliphatic rings. The number of fused-ring (bicyclic) bond motifs is 2. The van der Waals surface area contributed by atoms with E-state index in [1.165, 1.54) is 72.8 Å². The standard InChI is InChI=1S/C64H48Cl2F6N6O7/c1-33-27-81-31-57(33)77-55-19-35(11-15-53(55)73-59(77)21-39-17-49(71)43(25-47(39)69)51-5-3-7-61(75-51)83-29-37-9-13-41(65)23-45(37)67)63(79)85-64(80)36-12-16-54-56(20-36)78(58-32-82-28-34(58)2)60(74-54)22-40-18-50(72)44(26-48(40)70)52-6-4-8-62(76-52)84-30-38-10-14-42(66)24-46(38)68/h3-20,23-26,33-34,57-58H,21-22,27-32H2,1-2H3/t33-,34-,57+,58+/m0/s1. The van der Waals surface area contributed by atoms with Crippen molar-refractivity contribution in [3.8, 4) is 34.3 Å². The monoisotopic (exact) mass is 1200 g/mol. The Kier molecular flexibility index (Phi) is 15.9. The largest absolute Gasteiger partial charge is 0.473 e. The van der Waals surface area contributed by atoms with Gasteiger partial charge < -0.3 is 32.8 Å². The third-order valence-corrected chi connectivity index (χ3v) is 15.7. The van der Waals surface area contributed by atoms with Crippen LogP contribution in [0.5, 0.6) is 11.8 Å². The summed E-state index contributed by atoms with van der Waals surface area (Å²) in [6.07, 6.45) is -0.316. The van der Waals surface area contributed by atoms with Gasteiger partial charge >= 0.3 is 11.9 Å². The van der Waals surface area contributed by atoms with Gasteiger partial charge in [-0.15, -0.1) is 0 Å². The number of ether oxygens (including phenoxy) is 5. The molecular weight excluding hydrogens is 1150 g/mol. The number of imidazole rings is 2. The van der Waals surface area contributed by atoms with Gasteiger partial charge in [0.2, 0.25) is 11.8 Å². The Labute approximate surface area is 491 Å². The van der Waals surface area contributed by atoms with E-state index in [1.54, 1.807) is 24.3 Å². The van der Waals surface area contributed by atoms with Gasteiger partial charge in [0, 0.05) is 69.1 Å². The van der Waals surface area contributed by atoms with E-state index in [1.807, 2.05) is 23.0 Å². The second-order valence-corrected chi connectivity index (χ2v) is 21.9. The number of esters is 2. The van der Waals surface area contributed by atoms with Gasteiger partial charge in [-0.05, 0) is 108 Å². The predicted octanol–water partition coefficient (Wildman–Crippen LogP) is 14.4. The summed E-state index contributed by atoms with van der Waals surface area (Å²) in [5, 5.41) is 0.452. The van der Waals surface area contributed by atoms with E-state index in [9.17, 15) is 18.4 Å². The van der Waals surface area contributed by atoms with E-state index in [0.717, 1.165) is 36.4 Å². The summed E-state index contributed by atoms with van der Waals surface area (Å²) in [6.45, 7) is 4.94. The molecule has 6 heterocycles. The SMILES string of the molecule is C[C@H]1COC[C@H]1n1c(Cc2cc(F)c(-c3cccc(OCc4ccc(Cl)cc4F)n3)cc2F)nc2ccc(C(=O)OC(=O)c3ccc4nc(Cc5cc(F)c(-c6cccc(OCc7ccc(Cl)cc7F)n6)cc5F)n([C@@H]5COC[C@@H]5C)c4c3)cc21. The van der Waals surface area contributed by atoms with Gasteiger partial charge in [0.05, 0.1) is 83.1 Å². The van der Waals surface area contributed by atoms with Crippen LogP contribution in [0.3, 0.4) is 0 Å². The fourth-order valence-corrected chi connectivity index (χ4v) is 11.1. The Bertz CT molecular complexity index is 4010. The Balaban J connectivity index is 0.777. The summed E-state index contributed by atoms with van der Waals surface area (Å²) < 4.78 is 126. The molecule has 0 spiro atoms. The minimum Gasteiger partial charge on any atom is -0.473 e. The average molecular weight is 1200 g/mol. The number of nitrogens with zero attached hydrogens (tertiary/aromatic N) is 6. The van der Waals surface area contributed by atoms with Crippen LogP contribution in [-0.4, -0.2) is 67.4 Å². The number of halogens is 8. The number of carbonyl (C=O) groups excluding carboxylic acids is 2. The Morgan fingerprint density at radius 2 is 0.918 bits per heavy atom. The van der Waals surface area contributed by atoms with Crippen LogP contribution >= 0.6 is 23.2 Å². The van der Waals surface area contributed by atoms with Crippen molar-refractivity contribution >= 4 is 57.2 Å². The summed E-state index contributed by atoms with van der Waals surface area (Å²) in [5.74, 6) is -5.34. The molecule has 0 saturated carbocycles. The predicted molar refractivity (Wildman–Crippen MR) is 304 cm³/mol. The van der Waals surface area contributed by atoms with Crippen molar-refractivity contribution in [2.45, 2.75) is 52.0 Å². The first-order valence-corrected chi connectivity index (χ1v) is 27.7. The summed E-state index contributed by atoms with van der Waals surface area (Å²) in [5.41, 5.74) is 2.16. The van der Waals surface area contributed by atoms with Crippen molar-refractivity contribution < 1.29 is 59.6 Å². The first kappa shape index (κ1) is 56.8. The Morgan fingerprint density at radius 3 is 1.32 bits per heavy atom. The third-order valence-electron chi connectivity index (χ3n) is 15.2. The number of carbonyl (C=O) groups is 2. The molecule has 0 radical (unpaired) electrons. The zero-order chi connectivity index (χ0) is 59.2. The highest BCUT2D eigenvalue weighted by atomic mass is 35.5. The van der Waals surface area contributed by atoms with Crippen LogP contribution in [-0.2, 0) is 40.3 Å². The number of rotatable bonds is 16. The van der Waals surface area contributed by atoms with Crippen molar-refractivity contribution in [1.82, 2.24) is 29.1 Å². The van der Waals surface area contributed by atoms with E-state index in [2.05, 4.69) is 9.97 Å². The van der Waals surface area contributed by atoms with Crippen molar-refractivity contribution in [3.63, 3.8) is 0 Å². The fraction of sp³-hybridized carbons (Fsp3) is 0.219. The highest BCUT2D eigenvalue weighted by molar-refractivity contribution is 6.30. The molecule has 13 nitrogen and oxygen atoms in total. The minimum absolute atomic E-state index is 0.00646. The highest BCUT2D eigenvalue weighted by Gasteiger charge is 2.33.